The fourth-order valence-corrected chi connectivity index (χ4v) is 2.99. The van der Waals surface area contributed by atoms with Crippen molar-refractivity contribution in [3.8, 4) is 11.3 Å². The monoisotopic (exact) mass is 316 g/mol. The van der Waals surface area contributed by atoms with Gasteiger partial charge in [-0.15, -0.1) is 0 Å². The lowest BCUT2D eigenvalue weighted by molar-refractivity contribution is 0.0655. The molecular formula is C17H21FN4O. The van der Waals surface area contributed by atoms with Crippen LogP contribution in [0.5, 0.6) is 0 Å². The summed E-state index contributed by atoms with van der Waals surface area (Å²) in [7, 11) is 0. The molecule has 3 rings (SSSR count). The number of H-pyrrole nitrogens is 1. The lowest BCUT2D eigenvalue weighted by atomic mass is 9.92. The van der Waals surface area contributed by atoms with Crippen LogP contribution in [0, 0.1) is 11.7 Å². The number of hydrogen-bond acceptors (Lipinski definition) is 3. The molecule has 5 nitrogen and oxygen atoms in total. The van der Waals surface area contributed by atoms with Gasteiger partial charge in [0.05, 0.1) is 5.69 Å². The van der Waals surface area contributed by atoms with Gasteiger partial charge in [-0.2, -0.15) is 5.10 Å². The van der Waals surface area contributed by atoms with Crippen molar-refractivity contribution in [2.75, 3.05) is 13.1 Å². The van der Waals surface area contributed by atoms with Gasteiger partial charge in [0.2, 0.25) is 0 Å². The third-order valence-corrected chi connectivity index (χ3v) is 4.44. The summed E-state index contributed by atoms with van der Waals surface area (Å²) >= 11 is 0. The number of aromatic nitrogens is 2. The van der Waals surface area contributed by atoms with Crippen molar-refractivity contribution in [1.29, 1.82) is 0 Å². The zero-order valence-electron chi connectivity index (χ0n) is 13.1. The second kappa shape index (κ2) is 6.50. The van der Waals surface area contributed by atoms with Crippen LogP contribution in [0.15, 0.2) is 30.3 Å². The molecule has 3 N–H and O–H groups in total. The molecule has 2 heterocycles. The number of benzene rings is 1. The van der Waals surface area contributed by atoms with Crippen LogP contribution in [0.1, 0.15) is 30.3 Å². The van der Waals surface area contributed by atoms with Gasteiger partial charge in [0, 0.05) is 24.7 Å². The van der Waals surface area contributed by atoms with Gasteiger partial charge in [0.25, 0.3) is 5.91 Å². The maximum absolute atomic E-state index is 13.0. The summed E-state index contributed by atoms with van der Waals surface area (Å²) in [5.74, 6) is -0.0146. The highest BCUT2D eigenvalue weighted by Crippen LogP contribution is 2.22. The van der Waals surface area contributed by atoms with Gasteiger partial charge in [-0.1, -0.05) is 0 Å². The van der Waals surface area contributed by atoms with Crippen molar-refractivity contribution in [3.05, 3.63) is 41.8 Å². The van der Waals surface area contributed by atoms with E-state index in [1.165, 1.54) is 12.1 Å². The van der Waals surface area contributed by atoms with E-state index in [1.54, 1.807) is 18.2 Å². The van der Waals surface area contributed by atoms with Gasteiger partial charge in [-0.3, -0.25) is 9.89 Å². The Morgan fingerprint density at radius 1 is 1.43 bits per heavy atom. The highest BCUT2D eigenvalue weighted by molar-refractivity contribution is 5.93. The van der Waals surface area contributed by atoms with Crippen molar-refractivity contribution in [2.45, 2.75) is 25.8 Å². The van der Waals surface area contributed by atoms with Crippen LogP contribution < -0.4 is 5.73 Å². The molecule has 1 aromatic carbocycles. The lowest BCUT2D eigenvalue weighted by Crippen LogP contribution is -2.45. The number of amides is 1. The van der Waals surface area contributed by atoms with Gasteiger partial charge in [0.1, 0.15) is 11.5 Å². The Labute approximate surface area is 134 Å². The second-order valence-corrected chi connectivity index (χ2v) is 6.19. The molecule has 2 aromatic rings. The summed E-state index contributed by atoms with van der Waals surface area (Å²) in [6.45, 7) is 3.41. The smallest absolute Gasteiger partial charge is 0.271 e. The maximum Gasteiger partial charge on any atom is 0.271 e. The van der Waals surface area contributed by atoms with E-state index in [4.69, 9.17) is 5.73 Å². The molecule has 122 valence electrons. The molecule has 1 aliphatic heterocycles. The van der Waals surface area contributed by atoms with E-state index in [-0.39, 0.29) is 17.8 Å². The molecule has 1 fully saturated rings. The predicted octanol–water partition coefficient (Wildman–Crippen LogP) is 2.42. The molecule has 0 saturated carbocycles. The first-order valence-electron chi connectivity index (χ1n) is 7.91. The number of rotatable bonds is 3. The number of carbonyl (C=O) groups excluding carboxylic acids is 1. The van der Waals surface area contributed by atoms with E-state index in [1.807, 2.05) is 11.8 Å². The summed E-state index contributed by atoms with van der Waals surface area (Å²) in [5.41, 5.74) is 7.83. The molecule has 0 radical (unpaired) electrons. The van der Waals surface area contributed by atoms with Crippen LogP contribution in [0.4, 0.5) is 4.39 Å². The van der Waals surface area contributed by atoms with E-state index in [9.17, 15) is 9.18 Å². The third kappa shape index (κ3) is 3.42. The minimum Gasteiger partial charge on any atom is -0.337 e. The van der Waals surface area contributed by atoms with Crippen LogP contribution >= 0.6 is 0 Å². The van der Waals surface area contributed by atoms with Gasteiger partial charge in [0.15, 0.2) is 0 Å². The SMILES string of the molecule is C[C@@H](N)[C@H]1CCCN(C(=O)c2cc(-c3ccc(F)cc3)n[nH]2)C1. The molecule has 1 saturated heterocycles. The number of carbonyl (C=O) groups is 1. The Bertz CT molecular complexity index is 680. The zero-order chi connectivity index (χ0) is 16.4. The van der Waals surface area contributed by atoms with Gasteiger partial charge in [-0.25, -0.2) is 4.39 Å². The number of aromatic amines is 1. The molecule has 2 atom stereocenters. The van der Waals surface area contributed by atoms with Crippen molar-refractivity contribution >= 4 is 5.91 Å². The largest absolute Gasteiger partial charge is 0.337 e. The van der Waals surface area contributed by atoms with Crippen molar-refractivity contribution in [3.63, 3.8) is 0 Å². The Morgan fingerprint density at radius 2 is 2.17 bits per heavy atom. The van der Waals surface area contributed by atoms with Crippen LogP contribution in [-0.4, -0.2) is 40.1 Å². The molecule has 1 amide bonds. The first-order valence-corrected chi connectivity index (χ1v) is 7.91. The standard InChI is InChI=1S/C17H21FN4O/c1-11(19)13-3-2-8-22(10-13)17(23)16-9-15(20-21-16)12-4-6-14(18)7-5-12/h4-7,9,11,13H,2-3,8,10,19H2,1H3,(H,20,21)/t11-,13+/m1/s1. The van der Waals surface area contributed by atoms with E-state index in [2.05, 4.69) is 10.2 Å². The molecule has 0 unspecified atom stereocenters. The predicted molar refractivity (Wildman–Crippen MR) is 86.3 cm³/mol. The second-order valence-electron chi connectivity index (χ2n) is 6.19. The normalized spacial score (nSPS) is 19.6. The van der Waals surface area contributed by atoms with E-state index >= 15 is 0 Å². The number of halogens is 1. The maximum atomic E-state index is 13.0. The zero-order valence-corrected chi connectivity index (χ0v) is 13.1. The van der Waals surface area contributed by atoms with Crippen molar-refractivity contribution in [1.82, 2.24) is 15.1 Å². The molecule has 1 aromatic heterocycles. The van der Waals surface area contributed by atoms with Crippen LogP contribution in [0.25, 0.3) is 11.3 Å². The molecule has 6 heteroatoms. The Morgan fingerprint density at radius 3 is 2.87 bits per heavy atom. The average molecular weight is 316 g/mol. The summed E-state index contributed by atoms with van der Waals surface area (Å²) in [5, 5.41) is 6.96. The summed E-state index contributed by atoms with van der Waals surface area (Å²) in [6, 6.07) is 7.85. The van der Waals surface area contributed by atoms with Crippen LogP contribution in [-0.2, 0) is 0 Å². The number of hydrogen-bond donors (Lipinski definition) is 2. The van der Waals surface area contributed by atoms with Crippen LogP contribution in [0.3, 0.4) is 0 Å². The van der Waals surface area contributed by atoms with Crippen molar-refractivity contribution in [2.24, 2.45) is 11.7 Å². The molecule has 23 heavy (non-hydrogen) atoms. The number of nitrogens with zero attached hydrogens (tertiary/aromatic N) is 2. The first kappa shape index (κ1) is 15.7. The van der Waals surface area contributed by atoms with E-state index < -0.39 is 0 Å². The summed E-state index contributed by atoms with van der Waals surface area (Å²) in [6.07, 6.45) is 2.03. The van der Waals surface area contributed by atoms with Gasteiger partial charge < -0.3 is 10.6 Å². The Kier molecular flexibility index (Phi) is 4.43. The molecular weight excluding hydrogens is 295 g/mol. The quantitative estimate of drug-likeness (QED) is 0.913. The van der Waals surface area contributed by atoms with E-state index in [0.717, 1.165) is 24.9 Å². The molecule has 0 spiro atoms. The Hall–Kier alpha value is -2.21. The topological polar surface area (TPSA) is 75.0 Å². The van der Waals surface area contributed by atoms with Gasteiger partial charge in [-0.05, 0) is 56.0 Å². The number of likely N-dealkylation sites (tertiary alicyclic amines) is 1. The summed E-state index contributed by atoms with van der Waals surface area (Å²) < 4.78 is 13.0. The first-order chi connectivity index (χ1) is 11.0. The number of nitrogens with two attached hydrogens (primary N) is 1. The average Bonchev–Trinajstić information content (AvgIpc) is 3.05. The van der Waals surface area contributed by atoms with E-state index in [0.29, 0.717) is 23.9 Å². The summed E-state index contributed by atoms with van der Waals surface area (Å²) in [4.78, 5) is 14.5. The Balaban J connectivity index is 1.74. The molecule has 1 aliphatic rings. The van der Waals surface area contributed by atoms with Gasteiger partial charge >= 0.3 is 0 Å². The minimum atomic E-state index is -0.296. The fraction of sp³-hybridized carbons (Fsp3) is 0.412. The van der Waals surface area contributed by atoms with Crippen LogP contribution in [0.2, 0.25) is 0 Å². The number of nitrogens with one attached hydrogen (secondary N) is 1. The number of piperidine rings is 1. The lowest BCUT2D eigenvalue weighted by Gasteiger charge is -2.34. The fourth-order valence-electron chi connectivity index (χ4n) is 2.99. The highest BCUT2D eigenvalue weighted by atomic mass is 19.1. The molecule has 0 bridgehead atoms. The minimum absolute atomic E-state index is 0.0591. The highest BCUT2D eigenvalue weighted by Gasteiger charge is 2.27. The van der Waals surface area contributed by atoms with Crippen molar-refractivity contribution < 1.29 is 9.18 Å². The third-order valence-electron chi connectivity index (χ3n) is 4.44. The molecule has 0 aliphatic carbocycles.